The molecule has 14 aromatic rings. The fourth-order valence-corrected chi connectivity index (χ4v) is 9.87. The molecule has 6 nitrogen and oxygen atoms in total. The number of furan rings is 2. The molecule has 292 valence electrons. The van der Waals surface area contributed by atoms with Gasteiger partial charge in [0.15, 0.2) is 17.5 Å². The van der Waals surface area contributed by atoms with E-state index in [1.807, 2.05) is 72.8 Å². The second-order valence-corrected chi connectivity index (χ2v) is 16.3. The first-order chi connectivity index (χ1) is 31.2. The van der Waals surface area contributed by atoms with Gasteiger partial charge in [0.05, 0.1) is 16.6 Å². The molecule has 0 saturated heterocycles. The van der Waals surface area contributed by atoms with Crippen molar-refractivity contribution in [1.82, 2.24) is 19.5 Å². The summed E-state index contributed by atoms with van der Waals surface area (Å²) < 4.78 is 15.7. The molecule has 0 fully saturated rings. The van der Waals surface area contributed by atoms with Crippen molar-refractivity contribution in [3.63, 3.8) is 0 Å². The highest BCUT2D eigenvalue weighted by Gasteiger charge is 2.23. The van der Waals surface area contributed by atoms with Crippen LogP contribution in [0.25, 0.3) is 138 Å². The summed E-state index contributed by atoms with van der Waals surface area (Å²) in [5.41, 5.74) is 9.03. The number of fused-ring (bicyclic) bond motifs is 13. The molecule has 14 rings (SSSR count). The van der Waals surface area contributed by atoms with Crippen LogP contribution in [0.15, 0.2) is 203 Å². The second kappa shape index (κ2) is 12.9. The van der Waals surface area contributed by atoms with Gasteiger partial charge < -0.3 is 13.4 Å². The van der Waals surface area contributed by atoms with Gasteiger partial charge in [0.1, 0.15) is 22.3 Å². The van der Waals surface area contributed by atoms with Crippen LogP contribution < -0.4 is 0 Å². The number of aromatic nitrogens is 4. The molecule has 0 aliphatic rings. The molecule has 0 amide bonds. The first-order valence-electron chi connectivity index (χ1n) is 21.2. The zero-order chi connectivity index (χ0) is 41.2. The molecule has 0 saturated carbocycles. The van der Waals surface area contributed by atoms with Crippen LogP contribution in [0, 0.1) is 0 Å². The largest absolute Gasteiger partial charge is 0.456 e. The van der Waals surface area contributed by atoms with Crippen molar-refractivity contribution in [2.45, 2.75) is 0 Å². The summed E-state index contributed by atoms with van der Waals surface area (Å²) in [7, 11) is 0. The smallest absolute Gasteiger partial charge is 0.167 e. The molecule has 0 aliphatic carbocycles. The Labute approximate surface area is 358 Å². The van der Waals surface area contributed by atoms with E-state index in [0.717, 1.165) is 88.1 Å². The molecule has 4 aromatic heterocycles. The van der Waals surface area contributed by atoms with Crippen molar-refractivity contribution in [3.05, 3.63) is 194 Å². The average molecular weight is 805 g/mol. The minimum atomic E-state index is 0.530. The normalized spacial score (nSPS) is 12.1. The molecule has 63 heavy (non-hydrogen) atoms. The molecular formula is C57H32N4O2. The van der Waals surface area contributed by atoms with Gasteiger partial charge in [-0.15, -0.1) is 0 Å². The lowest BCUT2D eigenvalue weighted by Crippen LogP contribution is -2.01. The summed E-state index contributed by atoms with van der Waals surface area (Å²) in [6, 6.07) is 68.1. The van der Waals surface area contributed by atoms with Gasteiger partial charge in [0, 0.05) is 49.1 Å². The van der Waals surface area contributed by atoms with Crippen LogP contribution in [0.3, 0.4) is 0 Å². The maximum atomic E-state index is 6.72. The van der Waals surface area contributed by atoms with Crippen molar-refractivity contribution in [2.75, 3.05) is 0 Å². The molecule has 0 atom stereocenters. The number of benzene rings is 10. The van der Waals surface area contributed by atoms with Gasteiger partial charge in [-0.1, -0.05) is 133 Å². The highest BCUT2D eigenvalue weighted by Crippen LogP contribution is 2.43. The maximum absolute atomic E-state index is 6.72. The summed E-state index contributed by atoms with van der Waals surface area (Å²) in [6.07, 6.45) is 0. The lowest BCUT2D eigenvalue weighted by Gasteiger charge is -2.14. The third kappa shape index (κ3) is 5.09. The SMILES string of the molecule is c1ccc(-c2nc(-c3cc4oc5ccccc5c4c4cc(-n5c6cc7ccccc7cc6c6cc7ccccc7cc65)ccc34)nc(-c3cccc4c3oc3ccccc34)n2)cc1. The first-order valence-corrected chi connectivity index (χ1v) is 21.2. The van der Waals surface area contributed by atoms with E-state index in [9.17, 15) is 0 Å². The predicted octanol–water partition coefficient (Wildman–Crippen LogP) is 15.2. The monoisotopic (exact) mass is 804 g/mol. The Morgan fingerprint density at radius 2 is 0.905 bits per heavy atom. The Balaban J connectivity index is 1.07. The van der Waals surface area contributed by atoms with Gasteiger partial charge in [0.2, 0.25) is 0 Å². The summed E-state index contributed by atoms with van der Waals surface area (Å²) >= 11 is 0. The van der Waals surface area contributed by atoms with Gasteiger partial charge in [-0.2, -0.15) is 0 Å². The van der Waals surface area contributed by atoms with Crippen molar-refractivity contribution in [2.24, 2.45) is 0 Å². The summed E-state index contributed by atoms with van der Waals surface area (Å²) in [5, 5.41) is 13.5. The average Bonchev–Trinajstić information content (AvgIpc) is 4.01. The Kier molecular flexibility index (Phi) is 7.02. The molecule has 0 N–H and O–H groups in total. The molecule has 0 radical (unpaired) electrons. The third-order valence-corrected chi connectivity index (χ3v) is 12.8. The van der Waals surface area contributed by atoms with E-state index < -0.39 is 0 Å². The molecule has 0 unspecified atom stereocenters. The molecule has 0 spiro atoms. The van der Waals surface area contributed by atoms with Crippen LogP contribution >= 0.6 is 0 Å². The van der Waals surface area contributed by atoms with Crippen LogP contribution in [0.1, 0.15) is 0 Å². The van der Waals surface area contributed by atoms with Gasteiger partial charge in [-0.05, 0) is 93.0 Å². The predicted molar refractivity (Wildman–Crippen MR) is 258 cm³/mol. The van der Waals surface area contributed by atoms with Crippen molar-refractivity contribution >= 4 is 98.0 Å². The standard InChI is InChI=1S/C57H32N4O2/c1-2-13-33(14-3-1)55-58-56(43-22-12-21-41-40-19-8-10-23-50(40)63-54(41)43)60-57(59-55)47-32-52-53(42-20-9-11-24-51(42)62-52)46-31-38(25-26-39(46)47)61-48-29-36-17-6-4-15-34(36)27-44(48)45-28-35-16-5-7-18-37(35)30-49(45)61/h1-32H. The quantitative estimate of drug-likeness (QED) is 0.177. The fraction of sp³-hybridized carbons (Fsp3) is 0. The van der Waals surface area contributed by atoms with Crippen LogP contribution in [0.5, 0.6) is 0 Å². The lowest BCUT2D eigenvalue weighted by atomic mass is 9.97. The number of nitrogens with zero attached hydrogens (tertiary/aromatic N) is 4. The summed E-state index contributed by atoms with van der Waals surface area (Å²) in [4.78, 5) is 15.7. The van der Waals surface area contributed by atoms with Crippen LogP contribution in [-0.2, 0) is 0 Å². The molecule has 10 aromatic carbocycles. The maximum Gasteiger partial charge on any atom is 0.167 e. The number of para-hydroxylation sites is 3. The van der Waals surface area contributed by atoms with Crippen molar-refractivity contribution < 1.29 is 8.83 Å². The van der Waals surface area contributed by atoms with Crippen LogP contribution in [-0.4, -0.2) is 19.5 Å². The van der Waals surface area contributed by atoms with E-state index in [-0.39, 0.29) is 0 Å². The molecule has 0 aliphatic heterocycles. The number of hydrogen-bond acceptors (Lipinski definition) is 5. The van der Waals surface area contributed by atoms with Gasteiger partial charge in [-0.25, -0.2) is 15.0 Å². The third-order valence-electron chi connectivity index (χ3n) is 12.8. The van der Waals surface area contributed by atoms with E-state index in [1.165, 1.54) is 32.3 Å². The minimum absolute atomic E-state index is 0.530. The van der Waals surface area contributed by atoms with E-state index in [2.05, 4.69) is 126 Å². The Morgan fingerprint density at radius 1 is 0.333 bits per heavy atom. The summed E-state index contributed by atoms with van der Waals surface area (Å²) in [5.74, 6) is 1.65. The second-order valence-electron chi connectivity index (χ2n) is 16.3. The van der Waals surface area contributed by atoms with Crippen molar-refractivity contribution in [1.29, 1.82) is 0 Å². The lowest BCUT2D eigenvalue weighted by molar-refractivity contribution is 0.669. The van der Waals surface area contributed by atoms with E-state index in [0.29, 0.717) is 17.5 Å². The summed E-state index contributed by atoms with van der Waals surface area (Å²) in [6.45, 7) is 0. The Hall–Kier alpha value is -8.61. The fourth-order valence-electron chi connectivity index (χ4n) is 9.87. The molecule has 6 heteroatoms. The molecule has 0 bridgehead atoms. The Morgan fingerprint density at radius 3 is 1.62 bits per heavy atom. The topological polar surface area (TPSA) is 69.9 Å². The molecular weight excluding hydrogens is 773 g/mol. The highest BCUT2D eigenvalue weighted by molar-refractivity contribution is 6.23. The van der Waals surface area contributed by atoms with Gasteiger partial charge in [-0.3, -0.25) is 0 Å². The van der Waals surface area contributed by atoms with Gasteiger partial charge in [0.25, 0.3) is 0 Å². The van der Waals surface area contributed by atoms with Crippen LogP contribution in [0.4, 0.5) is 0 Å². The minimum Gasteiger partial charge on any atom is -0.456 e. The zero-order valence-electron chi connectivity index (χ0n) is 33.6. The van der Waals surface area contributed by atoms with Crippen molar-refractivity contribution in [3.8, 4) is 39.9 Å². The Bertz CT molecular complexity index is 4120. The van der Waals surface area contributed by atoms with E-state index in [1.54, 1.807) is 0 Å². The first kappa shape index (κ1) is 34.1. The highest BCUT2D eigenvalue weighted by atomic mass is 16.3. The van der Waals surface area contributed by atoms with Crippen LogP contribution in [0.2, 0.25) is 0 Å². The zero-order valence-corrected chi connectivity index (χ0v) is 33.6. The number of hydrogen-bond donors (Lipinski definition) is 0. The van der Waals surface area contributed by atoms with E-state index in [4.69, 9.17) is 23.8 Å². The molecule has 4 heterocycles. The van der Waals surface area contributed by atoms with E-state index >= 15 is 0 Å². The number of rotatable bonds is 4. The van der Waals surface area contributed by atoms with Gasteiger partial charge >= 0.3 is 0 Å².